The Bertz CT molecular complexity index is 121. The van der Waals surface area contributed by atoms with E-state index in [9.17, 15) is 4.79 Å². The van der Waals surface area contributed by atoms with Crippen LogP contribution in [-0.4, -0.2) is 12.1 Å². The maximum atomic E-state index is 11.1. The molecule has 0 saturated carbocycles. The summed E-state index contributed by atoms with van der Waals surface area (Å²) in [6.07, 6.45) is 4.59. The maximum absolute atomic E-state index is 11.1. The highest BCUT2D eigenvalue weighted by Gasteiger charge is 2.09. The van der Waals surface area contributed by atoms with Gasteiger partial charge in [-0.05, 0) is 19.3 Å². The highest BCUT2D eigenvalue weighted by molar-refractivity contribution is 5.69. The second-order valence-electron chi connectivity index (χ2n) is 3.06. The van der Waals surface area contributed by atoms with E-state index in [0.29, 0.717) is 6.42 Å². The average molecular weight is 172 g/mol. The Morgan fingerprint density at radius 2 is 1.92 bits per heavy atom. The first-order chi connectivity index (χ1) is 5.74. The molecule has 0 aliphatic heterocycles. The number of hydrogen-bond acceptors (Lipinski definition) is 2. The number of rotatable bonds is 6. The zero-order chi connectivity index (χ0) is 9.40. The number of carbonyl (C=O) groups excluding carboxylic acids is 1. The summed E-state index contributed by atoms with van der Waals surface area (Å²) >= 11 is 0. The van der Waals surface area contributed by atoms with E-state index in [1.165, 1.54) is 0 Å². The van der Waals surface area contributed by atoms with E-state index in [4.69, 9.17) is 4.74 Å². The molecular formula is C10H20O2. The molecule has 0 spiro atoms. The first kappa shape index (κ1) is 11.5. The van der Waals surface area contributed by atoms with Crippen molar-refractivity contribution in [2.24, 2.45) is 0 Å². The molecule has 0 N–H and O–H groups in total. The van der Waals surface area contributed by atoms with Gasteiger partial charge >= 0.3 is 5.97 Å². The minimum absolute atomic E-state index is 0.0437. The molecule has 2 nitrogen and oxygen atoms in total. The van der Waals surface area contributed by atoms with Gasteiger partial charge in [0.25, 0.3) is 0 Å². The van der Waals surface area contributed by atoms with E-state index in [2.05, 4.69) is 13.8 Å². The Hall–Kier alpha value is -0.530. The fourth-order valence-corrected chi connectivity index (χ4v) is 1.12. The van der Waals surface area contributed by atoms with Gasteiger partial charge in [0, 0.05) is 6.42 Å². The van der Waals surface area contributed by atoms with E-state index in [0.717, 1.165) is 25.7 Å². The molecule has 0 fully saturated rings. The summed E-state index contributed by atoms with van der Waals surface area (Å²) in [6.45, 7) is 6.15. The van der Waals surface area contributed by atoms with E-state index in [1.54, 1.807) is 0 Å². The third-order valence-electron chi connectivity index (χ3n) is 1.82. The predicted molar refractivity (Wildman–Crippen MR) is 50.0 cm³/mol. The van der Waals surface area contributed by atoms with Crippen molar-refractivity contribution in [1.29, 1.82) is 0 Å². The highest BCUT2D eigenvalue weighted by Crippen LogP contribution is 2.07. The van der Waals surface area contributed by atoms with Crippen LogP contribution in [0.3, 0.4) is 0 Å². The van der Waals surface area contributed by atoms with Crippen LogP contribution in [0.15, 0.2) is 0 Å². The molecule has 12 heavy (non-hydrogen) atoms. The van der Waals surface area contributed by atoms with E-state index >= 15 is 0 Å². The number of esters is 1. The molecule has 72 valence electrons. The Kier molecular flexibility index (Phi) is 6.82. The summed E-state index contributed by atoms with van der Waals surface area (Å²) in [5.74, 6) is -0.0437. The van der Waals surface area contributed by atoms with Crippen LogP contribution in [0.2, 0.25) is 0 Å². The van der Waals surface area contributed by atoms with Gasteiger partial charge in [-0.15, -0.1) is 0 Å². The second kappa shape index (κ2) is 7.14. The molecule has 1 unspecified atom stereocenters. The summed E-state index contributed by atoms with van der Waals surface area (Å²) in [5.41, 5.74) is 0. The van der Waals surface area contributed by atoms with Gasteiger partial charge in [-0.1, -0.05) is 27.2 Å². The van der Waals surface area contributed by atoms with Crippen LogP contribution in [0.1, 0.15) is 52.9 Å². The Morgan fingerprint density at radius 1 is 1.25 bits per heavy atom. The average Bonchev–Trinajstić information content (AvgIpc) is 2.04. The molecule has 0 aromatic rings. The van der Waals surface area contributed by atoms with Crippen LogP contribution in [0.25, 0.3) is 0 Å². The highest BCUT2D eigenvalue weighted by atomic mass is 16.5. The Labute approximate surface area is 75.3 Å². The Balaban J connectivity index is 3.61. The SMILES string of the molecule is CCCC(=O)OC(CC)CCC. The molecule has 2 heteroatoms. The minimum Gasteiger partial charge on any atom is -0.462 e. The van der Waals surface area contributed by atoms with Crippen molar-refractivity contribution in [3.63, 3.8) is 0 Å². The molecule has 0 aliphatic rings. The van der Waals surface area contributed by atoms with Crippen LogP contribution in [0, 0.1) is 0 Å². The van der Waals surface area contributed by atoms with E-state index in [1.807, 2.05) is 6.92 Å². The van der Waals surface area contributed by atoms with E-state index in [-0.39, 0.29) is 12.1 Å². The monoisotopic (exact) mass is 172 g/mol. The summed E-state index contributed by atoms with van der Waals surface area (Å²) < 4.78 is 5.24. The summed E-state index contributed by atoms with van der Waals surface area (Å²) in [4.78, 5) is 11.1. The molecule has 0 saturated heterocycles. The van der Waals surface area contributed by atoms with Gasteiger partial charge in [0.15, 0.2) is 0 Å². The third-order valence-corrected chi connectivity index (χ3v) is 1.82. The van der Waals surface area contributed by atoms with Crippen molar-refractivity contribution in [2.75, 3.05) is 0 Å². The molecule has 0 aromatic carbocycles. The van der Waals surface area contributed by atoms with Gasteiger partial charge in [0.2, 0.25) is 0 Å². The van der Waals surface area contributed by atoms with E-state index < -0.39 is 0 Å². The van der Waals surface area contributed by atoms with Crippen molar-refractivity contribution >= 4 is 5.97 Å². The van der Waals surface area contributed by atoms with Gasteiger partial charge in [-0.25, -0.2) is 0 Å². The van der Waals surface area contributed by atoms with Crippen molar-refractivity contribution < 1.29 is 9.53 Å². The standard InChI is InChI=1S/C10H20O2/c1-4-7-9(6-3)12-10(11)8-5-2/h9H,4-8H2,1-3H3. The van der Waals surface area contributed by atoms with Gasteiger partial charge < -0.3 is 4.74 Å². The van der Waals surface area contributed by atoms with Crippen LogP contribution in [0.5, 0.6) is 0 Å². The van der Waals surface area contributed by atoms with Crippen molar-refractivity contribution in [3.8, 4) is 0 Å². The van der Waals surface area contributed by atoms with Gasteiger partial charge in [0.1, 0.15) is 6.10 Å². The molecule has 0 aromatic heterocycles. The molecule has 0 heterocycles. The molecule has 1 atom stereocenters. The zero-order valence-electron chi connectivity index (χ0n) is 8.43. The second-order valence-corrected chi connectivity index (χ2v) is 3.06. The summed E-state index contributed by atoms with van der Waals surface area (Å²) in [5, 5.41) is 0. The fraction of sp³-hybridized carbons (Fsp3) is 0.900. The van der Waals surface area contributed by atoms with Gasteiger partial charge in [-0.2, -0.15) is 0 Å². The Morgan fingerprint density at radius 3 is 2.33 bits per heavy atom. The van der Waals surface area contributed by atoms with Crippen LogP contribution < -0.4 is 0 Å². The zero-order valence-corrected chi connectivity index (χ0v) is 8.43. The van der Waals surface area contributed by atoms with Gasteiger partial charge in [-0.3, -0.25) is 4.79 Å². The fourth-order valence-electron chi connectivity index (χ4n) is 1.12. The van der Waals surface area contributed by atoms with Gasteiger partial charge in [0.05, 0.1) is 0 Å². The lowest BCUT2D eigenvalue weighted by Gasteiger charge is -2.14. The summed E-state index contributed by atoms with van der Waals surface area (Å²) in [7, 11) is 0. The number of carbonyl (C=O) groups is 1. The molecule has 0 bridgehead atoms. The number of hydrogen-bond donors (Lipinski definition) is 0. The first-order valence-electron chi connectivity index (χ1n) is 4.94. The minimum atomic E-state index is -0.0437. The largest absolute Gasteiger partial charge is 0.462 e. The van der Waals surface area contributed by atoms with Crippen LogP contribution in [0.4, 0.5) is 0 Å². The first-order valence-corrected chi connectivity index (χ1v) is 4.94. The number of ether oxygens (including phenoxy) is 1. The normalized spacial score (nSPS) is 12.6. The third kappa shape index (κ3) is 5.16. The quantitative estimate of drug-likeness (QED) is 0.576. The van der Waals surface area contributed by atoms with Crippen LogP contribution >= 0.6 is 0 Å². The van der Waals surface area contributed by atoms with Crippen molar-refractivity contribution in [1.82, 2.24) is 0 Å². The van der Waals surface area contributed by atoms with Crippen molar-refractivity contribution in [2.45, 2.75) is 59.0 Å². The molecule has 0 radical (unpaired) electrons. The molecule has 0 rings (SSSR count). The maximum Gasteiger partial charge on any atom is 0.306 e. The van der Waals surface area contributed by atoms with Crippen molar-refractivity contribution in [3.05, 3.63) is 0 Å². The lowest BCUT2D eigenvalue weighted by Crippen LogP contribution is -2.16. The topological polar surface area (TPSA) is 26.3 Å². The molecule has 0 aliphatic carbocycles. The molecule has 0 amide bonds. The summed E-state index contributed by atoms with van der Waals surface area (Å²) in [6, 6.07) is 0. The predicted octanol–water partition coefficient (Wildman–Crippen LogP) is 2.91. The lowest BCUT2D eigenvalue weighted by atomic mass is 10.1. The smallest absolute Gasteiger partial charge is 0.306 e. The molecular weight excluding hydrogens is 152 g/mol. The van der Waals surface area contributed by atoms with Crippen LogP contribution in [-0.2, 0) is 9.53 Å². The lowest BCUT2D eigenvalue weighted by molar-refractivity contribution is -0.149.